The van der Waals surface area contributed by atoms with E-state index in [1.54, 1.807) is 17.7 Å². The number of hydrogen-bond donors (Lipinski definition) is 1. The van der Waals surface area contributed by atoms with Gasteiger partial charge in [0.05, 0.1) is 29.2 Å². The second kappa shape index (κ2) is 9.51. The number of rotatable bonds is 7. The first kappa shape index (κ1) is 23.2. The van der Waals surface area contributed by atoms with E-state index in [4.69, 9.17) is 9.26 Å². The molecule has 8 heteroatoms. The van der Waals surface area contributed by atoms with Crippen LogP contribution >= 0.6 is 0 Å². The van der Waals surface area contributed by atoms with Crippen LogP contribution < -0.4 is 10.1 Å². The van der Waals surface area contributed by atoms with E-state index in [0.717, 1.165) is 28.1 Å². The van der Waals surface area contributed by atoms with Gasteiger partial charge in [-0.1, -0.05) is 35.0 Å². The molecule has 2 aromatic carbocycles. The number of halogens is 1. The molecule has 0 bridgehead atoms. The molecule has 0 aliphatic heterocycles. The first-order valence-corrected chi connectivity index (χ1v) is 11.0. The van der Waals surface area contributed by atoms with E-state index < -0.39 is 5.91 Å². The summed E-state index contributed by atoms with van der Waals surface area (Å²) in [4.78, 5) is 13.1. The molecule has 0 atom stereocenters. The van der Waals surface area contributed by atoms with Gasteiger partial charge in [-0.05, 0) is 63.9 Å². The van der Waals surface area contributed by atoms with E-state index in [-0.39, 0.29) is 18.1 Å². The molecule has 1 amide bonds. The minimum Gasteiger partial charge on any atom is -0.488 e. The van der Waals surface area contributed by atoms with Gasteiger partial charge in [-0.15, -0.1) is 0 Å². The van der Waals surface area contributed by atoms with Crippen molar-refractivity contribution in [2.24, 2.45) is 0 Å². The van der Waals surface area contributed by atoms with Crippen molar-refractivity contribution in [3.8, 4) is 5.75 Å². The van der Waals surface area contributed by atoms with Gasteiger partial charge in [0.2, 0.25) is 0 Å². The van der Waals surface area contributed by atoms with Crippen molar-refractivity contribution in [1.29, 1.82) is 0 Å². The molecule has 2 aromatic heterocycles. The maximum absolute atomic E-state index is 13.6. The molecule has 0 saturated carbocycles. The fourth-order valence-corrected chi connectivity index (χ4v) is 3.86. The number of ether oxygens (including phenoxy) is 1. The van der Waals surface area contributed by atoms with Crippen molar-refractivity contribution in [1.82, 2.24) is 14.9 Å². The number of hydrogen-bond acceptors (Lipinski definition) is 5. The SMILES string of the molecule is Cc1ccc(OCc2c(C(=O)Nc3c(C)nn(Cc4cccc(F)c4)c3C)noc2C)c(C)c1. The zero-order chi connectivity index (χ0) is 24.4. The highest BCUT2D eigenvalue weighted by Gasteiger charge is 2.23. The van der Waals surface area contributed by atoms with Crippen LogP contribution in [0, 0.1) is 40.4 Å². The lowest BCUT2D eigenvalue weighted by Gasteiger charge is -2.10. The highest BCUT2D eigenvalue weighted by Crippen LogP contribution is 2.25. The summed E-state index contributed by atoms with van der Waals surface area (Å²) in [5.74, 6) is 0.546. The smallest absolute Gasteiger partial charge is 0.278 e. The largest absolute Gasteiger partial charge is 0.488 e. The minimum atomic E-state index is -0.410. The van der Waals surface area contributed by atoms with Crippen molar-refractivity contribution in [3.63, 3.8) is 0 Å². The Balaban J connectivity index is 1.52. The lowest BCUT2D eigenvalue weighted by Crippen LogP contribution is -2.16. The van der Waals surface area contributed by atoms with Crippen LogP contribution in [0.1, 0.15) is 49.9 Å². The molecule has 0 unspecified atom stereocenters. The number of amides is 1. The molecule has 4 rings (SSSR count). The maximum atomic E-state index is 13.6. The number of aryl methyl sites for hydroxylation is 4. The number of nitrogens with one attached hydrogen (secondary N) is 1. The van der Waals surface area contributed by atoms with Crippen LogP contribution in [0.4, 0.5) is 10.1 Å². The Morgan fingerprint density at radius 3 is 2.65 bits per heavy atom. The summed E-state index contributed by atoms with van der Waals surface area (Å²) in [6.07, 6.45) is 0. The van der Waals surface area contributed by atoms with Crippen LogP contribution in [0.3, 0.4) is 0 Å². The third-order valence-corrected chi connectivity index (χ3v) is 5.74. The normalized spacial score (nSPS) is 11.0. The Bertz CT molecular complexity index is 1360. The van der Waals surface area contributed by atoms with Crippen LogP contribution in [0.25, 0.3) is 0 Å². The van der Waals surface area contributed by atoms with Crippen LogP contribution in [-0.4, -0.2) is 20.8 Å². The predicted octanol–water partition coefficient (Wildman–Crippen LogP) is 5.43. The van der Waals surface area contributed by atoms with Crippen LogP contribution in [0.15, 0.2) is 47.0 Å². The van der Waals surface area contributed by atoms with E-state index in [1.165, 1.54) is 12.1 Å². The predicted molar refractivity (Wildman–Crippen MR) is 127 cm³/mol. The third-order valence-electron chi connectivity index (χ3n) is 5.74. The monoisotopic (exact) mass is 462 g/mol. The molecule has 1 N–H and O–H groups in total. The summed E-state index contributed by atoms with van der Waals surface area (Å²) in [6, 6.07) is 12.3. The summed E-state index contributed by atoms with van der Waals surface area (Å²) >= 11 is 0. The van der Waals surface area contributed by atoms with Gasteiger partial charge in [-0.3, -0.25) is 9.48 Å². The van der Waals surface area contributed by atoms with Gasteiger partial charge >= 0.3 is 0 Å². The van der Waals surface area contributed by atoms with Gasteiger partial charge in [-0.2, -0.15) is 5.10 Å². The van der Waals surface area contributed by atoms with Gasteiger partial charge in [0.25, 0.3) is 5.91 Å². The summed E-state index contributed by atoms with van der Waals surface area (Å²) in [6.45, 7) is 9.95. The molecule has 34 heavy (non-hydrogen) atoms. The van der Waals surface area contributed by atoms with Crippen molar-refractivity contribution in [3.05, 3.63) is 93.4 Å². The Kier molecular flexibility index (Phi) is 6.49. The van der Waals surface area contributed by atoms with Crippen molar-refractivity contribution >= 4 is 11.6 Å². The van der Waals surface area contributed by atoms with E-state index in [9.17, 15) is 9.18 Å². The molecule has 7 nitrogen and oxygen atoms in total. The quantitative estimate of drug-likeness (QED) is 0.396. The molecule has 0 aliphatic rings. The summed E-state index contributed by atoms with van der Waals surface area (Å²) in [7, 11) is 0. The second-order valence-electron chi connectivity index (χ2n) is 8.41. The number of anilines is 1. The van der Waals surface area contributed by atoms with Crippen molar-refractivity contribution in [2.75, 3.05) is 5.32 Å². The zero-order valence-electron chi connectivity index (χ0n) is 19.9. The van der Waals surface area contributed by atoms with Gasteiger partial charge in [0.1, 0.15) is 23.9 Å². The van der Waals surface area contributed by atoms with Gasteiger partial charge in [0, 0.05) is 0 Å². The van der Waals surface area contributed by atoms with Crippen LogP contribution in [0.2, 0.25) is 0 Å². The van der Waals surface area contributed by atoms with E-state index >= 15 is 0 Å². The Morgan fingerprint density at radius 1 is 1.12 bits per heavy atom. The third kappa shape index (κ3) is 4.85. The molecule has 0 aliphatic carbocycles. The van der Waals surface area contributed by atoms with Gasteiger partial charge < -0.3 is 14.6 Å². The number of aromatic nitrogens is 3. The first-order chi connectivity index (χ1) is 16.2. The molecule has 4 aromatic rings. The molecular formula is C26H27FN4O3. The van der Waals surface area contributed by atoms with Crippen LogP contribution in [-0.2, 0) is 13.2 Å². The summed E-state index contributed by atoms with van der Waals surface area (Å²) in [5, 5.41) is 11.4. The first-order valence-electron chi connectivity index (χ1n) is 11.0. The van der Waals surface area contributed by atoms with E-state index in [2.05, 4.69) is 15.6 Å². The molecule has 2 heterocycles. The molecule has 176 valence electrons. The average Bonchev–Trinajstić information content (AvgIpc) is 3.27. The topological polar surface area (TPSA) is 82.2 Å². The lowest BCUT2D eigenvalue weighted by molar-refractivity contribution is 0.101. The van der Waals surface area contributed by atoms with Crippen molar-refractivity contribution < 1.29 is 18.4 Å². The second-order valence-corrected chi connectivity index (χ2v) is 8.41. The number of benzene rings is 2. The Morgan fingerprint density at radius 2 is 1.91 bits per heavy atom. The Labute approximate surface area is 197 Å². The zero-order valence-corrected chi connectivity index (χ0v) is 19.9. The minimum absolute atomic E-state index is 0.152. The summed E-state index contributed by atoms with van der Waals surface area (Å²) < 4.78 is 26.5. The standard InChI is InChI=1S/C26H27FN4O3/c1-15-9-10-23(16(2)11-15)33-14-22-19(5)34-30-25(22)26(32)28-24-17(3)29-31(18(24)4)13-20-7-6-8-21(27)12-20/h6-12H,13-14H2,1-5H3,(H,28,32). The van der Waals surface area contributed by atoms with Gasteiger partial charge in [0.15, 0.2) is 5.69 Å². The maximum Gasteiger partial charge on any atom is 0.278 e. The Hall–Kier alpha value is -3.94. The number of carbonyl (C=O) groups is 1. The van der Waals surface area contributed by atoms with Gasteiger partial charge in [-0.25, -0.2) is 4.39 Å². The fourth-order valence-electron chi connectivity index (χ4n) is 3.86. The van der Waals surface area contributed by atoms with Crippen molar-refractivity contribution in [2.45, 2.75) is 47.8 Å². The summed E-state index contributed by atoms with van der Waals surface area (Å²) in [5.41, 5.74) is 5.68. The molecular weight excluding hydrogens is 435 g/mol. The highest BCUT2D eigenvalue weighted by atomic mass is 19.1. The molecule has 0 fully saturated rings. The lowest BCUT2D eigenvalue weighted by atomic mass is 10.1. The molecule has 0 saturated heterocycles. The highest BCUT2D eigenvalue weighted by molar-refractivity contribution is 6.04. The fraction of sp³-hybridized carbons (Fsp3) is 0.269. The average molecular weight is 463 g/mol. The number of nitrogens with zero attached hydrogens (tertiary/aromatic N) is 3. The number of carbonyl (C=O) groups excluding carboxylic acids is 1. The van der Waals surface area contributed by atoms with E-state index in [0.29, 0.717) is 29.2 Å². The molecule has 0 spiro atoms. The molecule has 0 radical (unpaired) electrons. The van der Waals surface area contributed by atoms with Crippen LogP contribution in [0.5, 0.6) is 5.75 Å². The van der Waals surface area contributed by atoms with E-state index in [1.807, 2.05) is 52.0 Å².